The minimum absolute atomic E-state index is 0.101. The number of carbonyl (C=O) groups excluding carboxylic acids is 4. The highest BCUT2D eigenvalue weighted by Gasteiger charge is 2.30. The lowest BCUT2D eigenvalue weighted by molar-refractivity contribution is -0.161. The Balaban J connectivity index is 5.14. The minimum atomic E-state index is -4.96. The third kappa shape index (κ3) is 64.5. The molecular weight excluding hydrogens is 1220 g/mol. The minimum Gasteiger partial charge on any atom is -0.462 e. The summed E-state index contributed by atoms with van der Waals surface area (Å²) >= 11 is 0. The lowest BCUT2D eigenvalue weighted by Gasteiger charge is -2.21. The molecule has 17 nitrogen and oxygen atoms in total. The van der Waals surface area contributed by atoms with E-state index in [0.717, 1.165) is 114 Å². The third-order valence-corrected chi connectivity index (χ3v) is 20.1. The van der Waals surface area contributed by atoms with Gasteiger partial charge in [-0.1, -0.05) is 319 Å². The lowest BCUT2D eigenvalue weighted by atomic mass is 9.99. The fourth-order valence-corrected chi connectivity index (χ4v) is 12.7. The zero-order valence-electron chi connectivity index (χ0n) is 60.9. The predicted octanol–water partition coefficient (Wildman–Crippen LogP) is 21.3. The smallest absolute Gasteiger partial charge is 0.462 e. The van der Waals surface area contributed by atoms with Crippen LogP contribution >= 0.6 is 15.6 Å². The molecule has 0 aliphatic heterocycles. The second-order valence-electron chi connectivity index (χ2n) is 27.9. The normalized spacial score (nSPS) is 15.1. The maximum atomic E-state index is 13.0. The van der Waals surface area contributed by atoms with E-state index in [4.69, 9.17) is 37.0 Å². The molecule has 0 aliphatic carbocycles. The number of carbonyl (C=O) groups is 4. The van der Waals surface area contributed by atoms with Crippen molar-refractivity contribution in [2.24, 2.45) is 23.7 Å². The summed E-state index contributed by atoms with van der Waals surface area (Å²) in [7, 11) is -9.91. The number of phosphoric ester groups is 2. The van der Waals surface area contributed by atoms with Crippen LogP contribution < -0.4 is 0 Å². The van der Waals surface area contributed by atoms with Crippen LogP contribution in [0.15, 0.2) is 0 Å². The van der Waals surface area contributed by atoms with Gasteiger partial charge in [-0.3, -0.25) is 37.3 Å². The molecule has 0 radical (unpaired) electrons. The number of aliphatic hydroxyl groups excluding tert-OH is 1. The highest BCUT2D eigenvalue weighted by atomic mass is 31.2. The first-order valence-corrected chi connectivity index (χ1v) is 41.3. The Morgan fingerprint density at radius 2 is 0.516 bits per heavy atom. The summed E-state index contributed by atoms with van der Waals surface area (Å²) in [6, 6.07) is 0. The summed E-state index contributed by atoms with van der Waals surface area (Å²) in [5, 5.41) is 10.6. The van der Waals surface area contributed by atoms with E-state index in [-0.39, 0.29) is 25.7 Å². The second kappa shape index (κ2) is 63.5. The number of aliphatic hydroxyl groups is 1. The number of phosphoric acid groups is 2. The number of hydrogen-bond acceptors (Lipinski definition) is 15. The Morgan fingerprint density at radius 3 is 0.763 bits per heavy atom. The standard InChI is InChI=1S/C74H144O17P2/c1-9-65(6)51-43-35-26-22-20-18-16-14-12-13-15-17-19-21-23-28-38-46-54-71(76)84-60-69(90-73(78)56-48-40-29-25-24-27-36-44-52-66(7)10-2)62-88-92(80,81)86-58-68(75)59-87-93(82,83)89-63-70(61-85-72(77)55-47-39-32-30-34-42-50-64(4)5)91-74(79)57-49-41-33-31-37-45-53-67(8)11-3/h64-70,75H,9-63H2,1-8H3,(H,80,81)(H,82,83)/t65?,66?,67?,68-,69-,70-/m1/s1. The molecule has 0 aromatic heterocycles. The van der Waals surface area contributed by atoms with Crippen molar-refractivity contribution in [3.05, 3.63) is 0 Å². The number of rotatable bonds is 71. The highest BCUT2D eigenvalue weighted by Crippen LogP contribution is 2.45. The summed E-state index contributed by atoms with van der Waals surface area (Å²) in [5.74, 6) is 0.911. The maximum Gasteiger partial charge on any atom is 0.472 e. The molecule has 3 N–H and O–H groups in total. The van der Waals surface area contributed by atoms with Crippen molar-refractivity contribution in [2.45, 2.75) is 388 Å². The Bertz CT molecular complexity index is 1840. The van der Waals surface area contributed by atoms with Crippen molar-refractivity contribution in [2.75, 3.05) is 39.6 Å². The van der Waals surface area contributed by atoms with Gasteiger partial charge in [-0.05, 0) is 49.4 Å². The van der Waals surface area contributed by atoms with Gasteiger partial charge in [0.2, 0.25) is 0 Å². The summed E-state index contributed by atoms with van der Waals surface area (Å²) in [5.41, 5.74) is 0. The zero-order valence-corrected chi connectivity index (χ0v) is 62.7. The second-order valence-corrected chi connectivity index (χ2v) is 30.8. The van der Waals surface area contributed by atoms with Crippen molar-refractivity contribution in [1.29, 1.82) is 0 Å². The number of esters is 4. The SMILES string of the molecule is CCC(C)CCCCCCCCCCCCCCCCCCCCC(=O)OC[C@H](COP(=O)(O)OC[C@@H](O)COP(=O)(O)OC[C@@H](COC(=O)CCCCCCCCC(C)C)OC(=O)CCCCCCCCC(C)CC)OC(=O)CCCCCCCCCCC(C)CC. The van der Waals surface area contributed by atoms with Gasteiger partial charge in [-0.25, -0.2) is 9.13 Å². The molecule has 0 spiro atoms. The van der Waals surface area contributed by atoms with E-state index in [2.05, 4.69) is 55.4 Å². The zero-order chi connectivity index (χ0) is 68.9. The van der Waals surface area contributed by atoms with Crippen LogP contribution in [-0.2, 0) is 65.4 Å². The molecule has 0 saturated heterocycles. The van der Waals surface area contributed by atoms with Crippen LogP contribution in [0, 0.1) is 23.7 Å². The van der Waals surface area contributed by atoms with Crippen LogP contribution in [0.25, 0.3) is 0 Å². The van der Waals surface area contributed by atoms with Crippen molar-refractivity contribution >= 4 is 39.5 Å². The van der Waals surface area contributed by atoms with Gasteiger partial charge in [0.15, 0.2) is 12.2 Å². The van der Waals surface area contributed by atoms with Crippen molar-refractivity contribution in [3.8, 4) is 0 Å². The van der Waals surface area contributed by atoms with Gasteiger partial charge in [0, 0.05) is 25.7 Å². The summed E-state index contributed by atoms with van der Waals surface area (Å²) in [6.07, 6.45) is 47.5. The van der Waals surface area contributed by atoms with E-state index in [9.17, 15) is 43.2 Å². The largest absolute Gasteiger partial charge is 0.472 e. The average molecular weight is 1370 g/mol. The van der Waals surface area contributed by atoms with Gasteiger partial charge >= 0.3 is 39.5 Å². The molecule has 0 fully saturated rings. The Hall–Kier alpha value is -1.94. The number of ether oxygens (including phenoxy) is 4. The Kier molecular flexibility index (Phi) is 62.2. The van der Waals surface area contributed by atoms with Crippen LogP contribution in [0.3, 0.4) is 0 Å². The molecule has 0 aliphatic rings. The molecule has 0 bridgehead atoms. The van der Waals surface area contributed by atoms with E-state index in [0.29, 0.717) is 31.6 Å². The summed E-state index contributed by atoms with van der Waals surface area (Å²) in [4.78, 5) is 72.6. The molecule has 8 atom stereocenters. The van der Waals surface area contributed by atoms with Crippen molar-refractivity contribution in [1.82, 2.24) is 0 Å². The van der Waals surface area contributed by atoms with Gasteiger partial charge in [0.05, 0.1) is 26.4 Å². The topological polar surface area (TPSA) is 237 Å². The van der Waals surface area contributed by atoms with Crippen LogP contribution in [-0.4, -0.2) is 96.7 Å². The van der Waals surface area contributed by atoms with E-state index in [1.807, 2.05) is 0 Å². The molecule has 0 aromatic carbocycles. The lowest BCUT2D eigenvalue weighted by Crippen LogP contribution is -2.30. The molecule has 0 heterocycles. The highest BCUT2D eigenvalue weighted by molar-refractivity contribution is 7.47. The fourth-order valence-electron chi connectivity index (χ4n) is 11.1. The molecule has 0 rings (SSSR count). The molecule has 0 aromatic rings. The third-order valence-electron chi connectivity index (χ3n) is 18.2. The molecule has 5 unspecified atom stereocenters. The van der Waals surface area contributed by atoms with Crippen LogP contribution in [0.1, 0.15) is 370 Å². The number of unbranched alkanes of at least 4 members (excludes halogenated alkanes) is 34. The van der Waals surface area contributed by atoms with E-state index in [1.54, 1.807) is 0 Å². The van der Waals surface area contributed by atoms with Crippen LogP contribution in [0.4, 0.5) is 0 Å². The monoisotopic (exact) mass is 1370 g/mol. The predicted molar refractivity (Wildman–Crippen MR) is 377 cm³/mol. The van der Waals surface area contributed by atoms with Gasteiger partial charge in [0.25, 0.3) is 0 Å². The fraction of sp³-hybridized carbons (Fsp3) is 0.946. The van der Waals surface area contributed by atoms with Gasteiger partial charge in [-0.2, -0.15) is 0 Å². The van der Waals surface area contributed by atoms with Gasteiger partial charge in [0.1, 0.15) is 19.3 Å². The first-order valence-electron chi connectivity index (χ1n) is 38.3. The summed E-state index contributed by atoms with van der Waals surface area (Å²) in [6.45, 7) is 14.1. The van der Waals surface area contributed by atoms with E-state index in [1.165, 1.54) is 167 Å². The van der Waals surface area contributed by atoms with E-state index < -0.39 is 97.5 Å². The first-order chi connectivity index (χ1) is 44.7. The molecule has 0 saturated carbocycles. The van der Waals surface area contributed by atoms with Crippen LogP contribution in [0.5, 0.6) is 0 Å². The molecule has 552 valence electrons. The van der Waals surface area contributed by atoms with Gasteiger partial charge in [-0.15, -0.1) is 0 Å². The molecular formula is C74H144O17P2. The quantitative estimate of drug-likeness (QED) is 0.0222. The average Bonchev–Trinajstić information content (AvgIpc) is 3.13. The first kappa shape index (κ1) is 91.1. The number of hydrogen-bond donors (Lipinski definition) is 3. The van der Waals surface area contributed by atoms with Crippen LogP contribution in [0.2, 0.25) is 0 Å². The van der Waals surface area contributed by atoms with E-state index >= 15 is 0 Å². The van der Waals surface area contributed by atoms with Gasteiger partial charge < -0.3 is 33.8 Å². The van der Waals surface area contributed by atoms with Crippen molar-refractivity contribution < 1.29 is 80.2 Å². The molecule has 19 heteroatoms. The molecule has 93 heavy (non-hydrogen) atoms. The Labute approximate surface area is 568 Å². The van der Waals surface area contributed by atoms with Crippen molar-refractivity contribution in [3.63, 3.8) is 0 Å². The Morgan fingerprint density at radius 1 is 0.301 bits per heavy atom. The summed E-state index contributed by atoms with van der Waals surface area (Å²) < 4.78 is 68.3. The maximum absolute atomic E-state index is 13.0. The molecule has 0 amide bonds.